The fraction of sp³-hybridized carbons (Fsp3) is 0.0741. The Bertz CT molecular complexity index is 1550. The number of aryl methyl sites for hydroxylation is 2. The molecule has 0 fully saturated rings. The number of thiophene rings is 3. The lowest BCUT2D eigenvalue weighted by Crippen LogP contribution is -1.80. The van der Waals surface area contributed by atoms with Gasteiger partial charge in [-0.2, -0.15) is 0 Å². The van der Waals surface area contributed by atoms with Gasteiger partial charge in [-0.1, -0.05) is 24.3 Å². The van der Waals surface area contributed by atoms with Crippen LogP contribution in [-0.4, -0.2) is 4.98 Å². The summed E-state index contributed by atoms with van der Waals surface area (Å²) in [6.45, 7) is 4.29. The van der Waals surface area contributed by atoms with E-state index in [1.54, 1.807) is 11.3 Å². The molecule has 2 aromatic carbocycles. The number of fused-ring (bicyclic) bond motifs is 3. The first-order valence-electron chi connectivity index (χ1n) is 10.2. The van der Waals surface area contributed by atoms with E-state index in [0.29, 0.717) is 0 Å². The van der Waals surface area contributed by atoms with Crippen molar-refractivity contribution in [3.05, 3.63) is 89.4 Å². The Hall–Kier alpha value is -2.79. The van der Waals surface area contributed by atoms with Crippen LogP contribution in [0.15, 0.2) is 79.0 Å². The summed E-state index contributed by atoms with van der Waals surface area (Å²) in [5.74, 6) is 0. The minimum absolute atomic E-state index is 1.05. The molecule has 0 unspecified atom stereocenters. The van der Waals surface area contributed by atoms with Crippen molar-refractivity contribution in [2.45, 2.75) is 13.8 Å². The molecule has 0 N–H and O–H groups in total. The van der Waals surface area contributed by atoms with Gasteiger partial charge < -0.3 is 0 Å². The summed E-state index contributed by atoms with van der Waals surface area (Å²) in [6, 6.07) is 26.7. The van der Waals surface area contributed by atoms with E-state index < -0.39 is 0 Å². The molecule has 0 amide bonds. The summed E-state index contributed by atoms with van der Waals surface area (Å²) in [7, 11) is 0. The van der Waals surface area contributed by atoms with Crippen molar-refractivity contribution >= 4 is 54.2 Å². The predicted molar refractivity (Wildman–Crippen MR) is 139 cm³/mol. The lowest BCUT2D eigenvalue weighted by Gasteiger charge is -2.01. The summed E-state index contributed by atoms with van der Waals surface area (Å²) in [4.78, 5) is 9.80. The number of rotatable bonds is 3. The molecule has 0 spiro atoms. The molecule has 150 valence electrons. The van der Waals surface area contributed by atoms with Crippen LogP contribution >= 0.6 is 34.0 Å². The van der Waals surface area contributed by atoms with Gasteiger partial charge in [0.25, 0.3) is 0 Å². The molecule has 4 heteroatoms. The van der Waals surface area contributed by atoms with Crippen LogP contribution in [0.3, 0.4) is 0 Å². The maximum absolute atomic E-state index is 4.71. The minimum atomic E-state index is 1.05. The van der Waals surface area contributed by atoms with E-state index >= 15 is 0 Å². The van der Waals surface area contributed by atoms with E-state index in [4.69, 9.17) is 4.98 Å². The molecule has 0 bridgehead atoms. The predicted octanol–water partition coefficient (Wildman–Crippen LogP) is 9.19. The van der Waals surface area contributed by atoms with Crippen LogP contribution in [0.4, 0.5) is 0 Å². The summed E-state index contributed by atoms with van der Waals surface area (Å²) >= 11 is 5.50. The minimum Gasteiger partial charge on any atom is -0.255 e. The monoisotopic (exact) mass is 453 g/mol. The number of hydrogen-bond acceptors (Lipinski definition) is 4. The Labute approximate surface area is 193 Å². The summed E-state index contributed by atoms with van der Waals surface area (Å²) in [6.07, 6.45) is 2.00. The number of hydrogen-bond donors (Lipinski definition) is 0. The maximum atomic E-state index is 4.71. The average Bonchev–Trinajstić information content (AvgIpc) is 3.51. The third kappa shape index (κ3) is 3.41. The molecular formula is C27H19NS3. The molecule has 0 radical (unpaired) electrons. The largest absolute Gasteiger partial charge is 0.255 e. The highest BCUT2D eigenvalue weighted by molar-refractivity contribution is 7.26. The first-order valence-corrected chi connectivity index (χ1v) is 12.7. The van der Waals surface area contributed by atoms with Crippen LogP contribution in [0.1, 0.15) is 10.4 Å². The van der Waals surface area contributed by atoms with E-state index in [0.717, 1.165) is 5.69 Å². The number of aromatic nitrogens is 1. The second-order valence-electron chi connectivity index (χ2n) is 7.82. The van der Waals surface area contributed by atoms with Gasteiger partial charge in [0.2, 0.25) is 0 Å². The van der Waals surface area contributed by atoms with Gasteiger partial charge in [-0.25, -0.2) is 0 Å². The van der Waals surface area contributed by atoms with Crippen LogP contribution < -0.4 is 0 Å². The van der Waals surface area contributed by atoms with Crippen LogP contribution in [-0.2, 0) is 0 Å². The normalized spacial score (nSPS) is 11.5. The Morgan fingerprint density at radius 1 is 0.581 bits per heavy atom. The highest BCUT2D eigenvalue weighted by Crippen LogP contribution is 2.40. The molecule has 31 heavy (non-hydrogen) atoms. The van der Waals surface area contributed by atoms with Gasteiger partial charge in [-0.15, -0.1) is 34.0 Å². The molecule has 0 aliphatic rings. The zero-order valence-corrected chi connectivity index (χ0v) is 19.6. The average molecular weight is 454 g/mol. The Morgan fingerprint density at radius 2 is 1.29 bits per heavy atom. The van der Waals surface area contributed by atoms with Crippen molar-refractivity contribution in [1.29, 1.82) is 0 Å². The molecular weight excluding hydrogens is 435 g/mol. The van der Waals surface area contributed by atoms with E-state index in [-0.39, 0.29) is 0 Å². The van der Waals surface area contributed by atoms with Crippen molar-refractivity contribution in [3.8, 4) is 31.5 Å². The van der Waals surface area contributed by atoms with Crippen molar-refractivity contribution in [2.24, 2.45) is 0 Å². The van der Waals surface area contributed by atoms with Gasteiger partial charge in [-0.05, 0) is 73.5 Å². The zero-order chi connectivity index (χ0) is 20.9. The van der Waals surface area contributed by atoms with E-state index in [1.807, 2.05) is 28.9 Å². The molecule has 6 aromatic rings. The van der Waals surface area contributed by atoms with Gasteiger partial charge in [0.1, 0.15) is 0 Å². The number of benzene rings is 2. The molecule has 4 aromatic heterocycles. The molecule has 0 atom stereocenters. The van der Waals surface area contributed by atoms with Crippen molar-refractivity contribution in [2.75, 3.05) is 0 Å². The maximum Gasteiger partial charge on any atom is 0.0802 e. The fourth-order valence-electron chi connectivity index (χ4n) is 3.94. The fourth-order valence-corrected chi connectivity index (χ4v) is 7.02. The Morgan fingerprint density at radius 3 is 2.03 bits per heavy atom. The summed E-state index contributed by atoms with van der Waals surface area (Å²) in [5.41, 5.74) is 4.82. The van der Waals surface area contributed by atoms with E-state index in [9.17, 15) is 0 Å². The quantitative estimate of drug-likeness (QED) is 0.260. The standard InChI is InChI=1S/C27H19NS3/c1-16-3-7-20-21-8-5-18(14-27(21)31-26(20)13-16)23-11-12-24(30-23)19-6-9-22(28-15-19)25-10-4-17(2)29-25/h3-15H,1-2H3. The van der Waals surface area contributed by atoms with Crippen molar-refractivity contribution < 1.29 is 0 Å². The third-order valence-electron chi connectivity index (χ3n) is 5.56. The van der Waals surface area contributed by atoms with E-state index in [2.05, 4.69) is 86.6 Å². The highest BCUT2D eigenvalue weighted by atomic mass is 32.1. The third-order valence-corrected chi connectivity index (χ3v) is 8.88. The van der Waals surface area contributed by atoms with Crippen molar-refractivity contribution in [3.63, 3.8) is 0 Å². The topological polar surface area (TPSA) is 12.9 Å². The molecule has 4 heterocycles. The summed E-state index contributed by atoms with van der Waals surface area (Å²) < 4.78 is 2.72. The smallest absolute Gasteiger partial charge is 0.0802 e. The molecule has 0 aliphatic heterocycles. The first kappa shape index (κ1) is 18.9. The molecule has 0 saturated heterocycles. The Kier molecular flexibility index (Phi) is 4.53. The van der Waals surface area contributed by atoms with Crippen LogP contribution in [0, 0.1) is 13.8 Å². The second-order valence-corrected chi connectivity index (χ2v) is 11.3. The molecule has 1 nitrogen and oxygen atoms in total. The van der Waals surface area contributed by atoms with E-state index in [1.165, 1.54) is 56.4 Å². The second kappa shape index (κ2) is 7.41. The van der Waals surface area contributed by atoms with Gasteiger partial charge in [0.15, 0.2) is 0 Å². The van der Waals surface area contributed by atoms with Crippen LogP contribution in [0.2, 0.25) is 0 Å². The van der Waals surface area contributed by atoms with Crippen LogP contribution in [0.25, 0.3) is 51.6 Å². The van der Waals surface area contributed by atoms with Crippen LogP contribution in [0.5, 0.6) is 0 Å². The van der Waals surface area contributed by atoms with Crippen molar-refractivity contribution in [1.82, 2.24) is 4.98 Å². The lowest BCUT2D eigenvalue weighted by molar-refractivity contribution is 1.34. The molecule has 6 rings (SSSR count). The van der Waals surface area contributed by atoms with Gasteiger partial charge in [0.05, 0.1) is 10.6 Å². The van der Waals surface area contributed by atoms with Gasteiger partial charge in [-0.3, -0.25) is 4.98 Å². The zero-order valence-electron chi connectivity index (χ0n) is 17.2. The Balaban J connectivity index is 1.33. The SMILES string of the molecule is Cc1ccc2c(c1)sc1cc(-c3ccc(-c4ccc(-c5ccc(C)s5)nc4)s3)ccc12. The molecule has 0 aliphatic carbocycles. The summed E-state index contributed by atoms with van der Waals surface area (Å²) in [5, 5.41) is 2.71. The highest BCUT2D eigenvalue weighted by Gasteiger charge is 2.10. The number of pyridine rings is 1. The number of nitrogens with zero attached hydrogens (tertiary/aromatic N) is 1. The van der Waals surface area contributed by atoms with Gasteiger partial charge >= 0.3 is 0 Å². The molecule has 0 saturated carbocycles. The van der Waals surface area contributed by atoms with Gasteiger partial charge in [0, 0.05) is 46.6 Å². The first-order chi connectivity index (χ1) is 15.1. The lowest BCUT2D eigenvalue weighted by atomic mass is 10.1.